The van der Waals surface area contributed by atoms with E-state index >= 15 is 0 Å². The predicted molar refractivity (Wildman–Crippen MR) is 73.6 cm³/mol. The van der Waals surface area contributed by atoms with E-state index in [4.69, 9.17) is 5.73 Å². The molecule has 0 saturated heterocycles. The molecule has 4 heteroatoms. The highest BCUT2D eigenvalue weighted by Gasteiger charge is 2.06. The fraction of sp³-hybridized carbons (Fsp3) is 0.429. The second-order valence-corrected chi connectivity index (χ2v) is 4.49. The van der Waals surface area contributed by atoms with Crippen molar-refractivity contribution in [3.8, 4) is 0 Å². The van der Waals surface area contributed by atoms with Crippen LogP contribution in [-0.4, -0.2) is 16.1 Å². The van der Waals surface area contributed by atoms with E-state index in [0.717, 1.165) is 36.8 Å². The van der Waals surface area contributed by atoms with Crippen LogP contribution in [0.1, 0.15) is 25.0 Å². The van der Waals surface area contributed by atoms with Crippen molar-refractivity contribution in [2.45, 2.75) is 32.7 Å². The van der Waals surface area contributed by atoms with Crippen LogP contribution in [0.5, 0.6) is 0 Å². The molecule has 2 rings (SSSR count). The Bertz CT molecular complexity index is 589. The Labute approximate surface area is 106 Å². The van der Waals surface area contributed by atoms with Crippen LogP contribution in [0.4, 0.5) is 0 Å². The van der Waals surface area contributed by atoms with Crippen molar-refractivity contribution in [3.63, 3.8) is 0 Å². The fourth-order valence-electron chi connectivity index (χ4n) is 2.13. The Kier molecular flexibility index (Phi) is 4.10. The van der Waals surface area contributed by atoms with Gasteiger partial charge in [0.15, 0.2) is 0 Å². The fourth-order valence-corrected chi connectivity index (χ4v) is 2.13. The van der Waals surface area contributed by atoms with Crippen LogP contribution >= 0.6 is 0 Å². The molecule has 0 amide bonds. The van der Waals surface area contributed by atoms with Crippen molar-refractivity contribution in [2.24, 2.45) is 5.73 Å². The molecule has 0 unspecified atom stereocenters. The van der Waals surface area contributed by atoms with Crippen LogP contribution in [-0.2, 0) is 6.54 Å². The largest absolute Gasteiger partial charge is 0.330 e. The summed E-state index contributed by atoms with van der Waals surface area (Å²) in [4.78, 5) is 16.4. The van der Waals surface area contributed by atoms with Crippen molar-refractivity contribution in [1.82, 2.24) is 9.55 Å². The molecular weight excluding hydrogens is 226 g/mol. The van der Waals surface area contributed by atoms with Crippen molar-refractivity contribution < 1.29 is 0 Å². The van der Waals surface area contributed by atoms with Crippen molar-refractivity contribution in [2.75, 3.05) is 6.54 Å². The zero-order valence-electron chi connectivity index (χ0n) is 10.7. The highest BCUT2D eigenvalue weighted by atomic mass is 16.1. The Hall–Kier alpha value is -1.68. The molecule has 0 radical (unpaired) electrons. The third-order valence-corrected chi connectivity index (χ3v) is 3.10. The molecule has 1 aromatic carbocycles. The van der Waals surface area contributed by atoms with Crippen molar-refractivity contribution in [1.29, 1.82) is 0 Å². The highest BCUT2D eigenvalue weighted by molar-refractivity contribution is 5.74. The number of aromatic nitrogens is 2. The molecule has 2 aromatic rings. The molecule has 96 valence electrons. The summed E-state index contributed by atoms with van der Waals surface area (Å²) in [6.45, 7) is 3.22. The van der Waals surface area contributed by atoms with Gasteiger partial charge in [-0.25, -0.2) is 4.98 Å². The monoisotopic (exact) mass is 245 g/mol. The molecule has 0 aliphatic carbocycles. The number of nitrogens with two attached hydrogens (primary N) is 1. The number of hydrogen-bond acceptors (Lipinski definition) is 3. The van der Waals surface area contributed by atoms with Crippen molar-refractivity contribution >= 4 is 11.0 Å². The van der Waals surface area contributed by atoms with E-state index in [9.17, 15) is 4.79 Å². The van der Waals surface area contributed by atoms with Gasteiger partial charge in [0.25, 0.3) is 5.56 Å². The summed E-state index contributed by atoms with van der Waals surface area (Å²) < 4.78 is 1.83. The van der Waals surface area contributed by atoms with E-state index in [1.807, 2.05) is 28.8 Å². The second kappa shape index (κ2) is 5.78. The summed E-state index contributed by atoms with van der Waals surface area (Å²) in [5.41, 5.74) is 7.85. The number of fused-ring (bicyclic) bond motifs is 1. The first kappa shape index (κ1) is 12.8. The van der Waals surface area contributed by atoms with Gasteiger partial charge < -0.3 is 10.3 Å². The molecule has 0 spiro atoms. The lowest BCUT2D eigenvalue weighted by molar-refractivity contribution is 0.588. The maximum Gasteiger partial charge on any atom is 0.272 e. The van der Waals surface area contributed by atoms with Gasteiger partial charge in [-0.3, -0.25) is 4.79 Å². The lowest BCUT2D eigenvalue weighted by Gasteiger charge is -2.10. The highest BCUT2D eigenvalue weighted by Crippen LogP contribution is 2.10. The Morgan fingerprint density at radius 1 is 1.22 bits per heavy atom. The lowest BCUT2D eigenvalue weighted by atomic mass is 10.2. The molecule has 2 N–H and O–H groups in total. The van der Waals surface area contributed by atoms with Crippen LogP contribution in [0.3, 0.4) is 0 Å². The predicted octanol–water partition coefficient (Wildman–Crippen LogP) is 1.83. The van der Waals surface area contributed by atoms with E-state index < -0.39 is 0 Å². The number of hydrogen-bond donors (Lipinski definition) is 1. The molecule has 0 fully saturated rings. The number of para-hydroxylation sites is 2. The molecular formula is C14H19N3O. The van der Waals surface area contributed by atoms with Crippen LogP contribution in [0.25, 0.3) is 11.0 Å². The summed E-state index contributed by atoms with van der Waals surface area (Å²) in [5, 5.41) is 0. The average molecular weight is 245 g/mol. The SMILES string of the molecule is Cc1nc2ccccc2n(CCCCCN)c1=O. The maximum atomic E-state index is 12.1. The van der Waals surface area contributed by atoms with Crippen LogP contribution in [0.2, 0.25) is 0 Å². The second-order valence-electron chi connectivity index (χ2n) is 4.49. The van der Waals surface area contributed by atoms with Gasteiger partial charge in [-0.15, -0.1) is 0 Å². The molecule has 18 heavy (non-hydrogen) atoms. The Morgan fingerprint density at radius 2 is 2.00 bits per heavy atom. The van der Waals surface area contributed by atoms with Crippen molar-refractivity contribution in [3.05, 3.63) is 40.3 Å². The number of nitrogens with zero attached hydrogens (tertiary/aromatic N) is 2. The van der Waals surface area contributed by atoms with Gasteiger partial charge >= 0.3 is 0 Å². The van der Waals surface area contributed by atoms with Gasteiger partial charge in [0, 0.05) is 6.54 Å². The maximum absolute atomic E-state index is 12.1. The Morgan fingerprint density at radius 3 is 2.78 bits per heavy atom. The van der Waals surface area contributed by atoms with Gasteiger partial charge in [-0.1, -0.05) is 18.6 Å². The average Bonchev–Trinajstić information content (AvgIpc) is 2.38. The summed E-state index contributed by atoms with van der Waals surface area (Å²) in [6.07, 6.45) is 3.04. The lowest BCUT2D eigenvalue weighted by Crippen LogP contribution is -2.24. The van der Waals surface area contributed by atoms with E-state index in [0.29, 0.717) is 12.2 Å². The minimum atomic E-state index is 0.0152. The first-order chi connectivity index (χ1) is 8.74. The standard InChI is InChI=1S/C14H19N3O/c1-11-14(18)17(10-6-2-5-9-15)13-8-4-3-7-12(13)16-11/h3-4,7-8H,2,5-6,9-10,15H2,1H3. The molecule has 0 aliphatic heterocycles. The quantitative estimate of drug-likeness (QED) is 0.817. The summed E-state index contributed by atoms with van der Waals surface area (Å²) in [6, 6.07) is 7.78. The summed E-state index contributed by atoms with van der Waals surface area (Å²) in [7, 11) is 0. The molecule has 4 nitrogen and oxygen atoms in total. The van der Waals surface area contributed by atoms with E-state index in [1.165, 1.54) is 0 Å². The zero-order valence-corrected chi connectivity index (χ0v) is 10.7. The minimum absolute atomic E-state index is 0.0152. The van der Waals surface area contributed by atoms with Gasteiger partial charge in [0.1, 0.15) is 5.69 Å². The smallest absolute Gasteiger partial charge is 0.272 e. The Balaban J connectivity index is 2.35. The third-order valence-electron chi connectivity index (χ3n) is 3.10. The summed E-state index contributed by atoms with van der Waals surface area (Å²) >= 11 is 0. The third kappa shape index (κ3) is 2.59. The van der Waals surface area contributed by atoms with Gasteiger partial charge in [-0.2, -0.15) is 0 Å². The normalized spacial score (nSPS) is 11.0. The summed E-state index contributed by atoms with van der Waals surface area (Å²) in [5.74, 6) is 0. The van der Waals surface area contributed by atoms with E-state index in [-0.39, 0.29) is 5.56 Å². The van der Waals surface area contributed by atoms with Gasteiger partial charge in [-0.05, 0) is 38.4 Å². The van der Waals surface area contributed by atoms with Gasteiger partial charge in [0.05, 0.1) is 11.0 Å². The topological polar surface area (TPSA) is 60.9 Å². The molecule has 0 atom stereocenters. The minimum Gasteiger partial charge on any atom is -0.330 e. The molecule has 0 saturated carbocycles. The molecule has 1 aromatic heterocycles. The molecule has 1 heterocycles. The van der Waals surface area contributed by atoms with Crippen LogP contribution < -0.4 is 11.3 Å². The first-order valence-corrected chi connectivity index (χ1v) is 6.40. The molecule has 0 bridgehead atoms. The van der Waals surface area contributed by atoms with Crippen LogP contribution in [0.15, 0.2) is 29.1 Å². The molecule has 0 aliphatic rings. The number of aryl methyl sites for hydroxylation is 2. The first-order valence-electron chi connectivity index (χ1n) is 6.40. The number of unbranched alkanes of at least 4 members (excludes halogenated alkanes) is 2. The zero-order chi connectivity index (χ0) is 13.0. The van der Waals surface area contributed by atoms with E-state index in [1.54, 1.807) is 6.92 Å². The van der Waals surface area contributed by atoms with Gasteiger partial charge in [0.2, 0.25) is 0 Å². The van der Waals surface area contributed by atoms with Crippen LogP contribution in [0, 0.1) is 6.92 Å². The van der Waals surface area contributed by atoms with E-state index in [2.05, 4.69) is 4.98 Å². The number of benzene rings is 1. The number of rotatable bonds is 5.